The van der Waals surface area contributed by atoms with E-state index in [9.17, 15) is 4.79 Å². The first-order chi connectivity index (χ1) is 10.1. The number of benzene rings is 1. The molecule has 0 aliphatic rings. The number of amides is 1. The zero-order valence-corrected chi connectivity index (χ0v) is 14.6. The van der Waals surface area contributed by atoms with E-state index in [1.807, 2.05) is 6.07 Å². The highest BCUT2D eigenvalue weighted by molar-refractivity contribution is 9.10. The lowest BCUT2D eigenvalue weighted by Gasteiger charge is -2.21. The summed E-state index contributed by atoms with van der Waals surface area (Å²) in [6, 6.07) is 5.40. The first-order valence-electron chi connectivity index (χ1n) is 7.64. The summed E-state index contributed by atoms with van der Waals surface area (Å²) in [6.45, 7) is 6.74. The van der Waals surface area contributed by atoms with Gasteiger partial charge < -0.3 is 11.1 Å². The molecule has 1 aromatic rings. The number of anilines is 2. The molecule has 0 bridgehead atoms. The zero-order valence-electron chi connectivity index (χ0n) is 13.0. The molecule has 0 aliphatic carbocycles. The van der Waals surface area contributed by atoms with E-state index in [4.69, 9.17) is 5.73 Å². The van der Waals surface area contributed by atoms with Crippen molar-refractivity contribution in [3.63, 3.8) is 0 Å². The third-order valence-corrected chi connectivity index (χ3v) is 3.95. The Labute approximate surface area is 136 Å². The number of unbranched alkanes of at least 4 members (excludes halogenated alkanes) is 2. The van der Waals surface area contributed by atoms with E-state index < -0.39 is 0 Å². The van der Waals surface area contributed by atoms with Crippen LogP contribution in [-0.4, -0.2) is 30.4 Å². The van der Waals surface area contributed by atoms with Gasteiger partial charge in [-0.2, -0.15) is 0 Å². The van der Waals surface area contributed by atoms with Crippen LogP contribution < -0.4 is 11.1 Å². The maximum absolute atomic E-state index is 12.2. The summed E-state index contributed by atoms with van der Waals surface area (Å²) < 4.78 is 0.810. The third-order valence-electron chi connectivity index (χ3n) is 3.29. The molecule has 0 spiro atoms. The molecule has 1 rings (SSSR count). The Hall–Kier alpha value is -1.07. The first-order valence-corrected chi connectivity index (χ1v) is 8.43. The van der Waals surface area contributed by atoms with Crippen molar-refractivity contribution in [3.8, 4) is 0 Å². The van der Waals surface area contributed by atoms with Gasteiger partial charge in [-0.1, -0.05) is 26.7 Å². The van der Waals surface area contributed by atoms with Crippen LogP contribution in [0.1, 0.15) is 39.5 Å². The van der Waals surface area contributed by atoms with Crippen LogP contribution in [0.25, 0.3) is 0 Å². The molecule has 0 atom stereocenters. The van der Waals surface area contributed by atoms with Crippen molar-refractivity contribution in [3.05, 3.63) is 22.7 Å². The van der Waals surface area contributed by atoms with Gasteiger partial charge in [-0.15, -0.1) is 0 Å². The molecular weight excluding hydrogens is 330 g/mol. The molecule has 3 N–H and O–H groups in total. The average Bonchev–Trinajstić information content (AvgIpc) is 2.45. The minimum atomic E-state index is 0.0210. The smallest absolute Gasteiger partial charge is 0.238 e. The summed E-state index contributed by atoms with van der Waals surface area (Å²) in [4.78, 5) is 14.4. The van der Waals surface area contributed by atoms with Gasteiger partial charge in [-0.25, -0.2) is 0 Å². The highest BCUT2D eigenvalue weighted by atomic mass is 79.9. The van der Waals surface area contributed by atoms with Gasteiger partial charge in [0.05, 0.1) is 12.2 Å². The SMILES string of the molecule is CCCCN(CCCC)CC(=O)Nc1ccc(N)cc1Br. The van der Waals surface area contributed by atoms with Crippen LogP contribution in [0.3, 0.4) is 0 Å². The van der Waals surface area contributed by atoms with E-state index in [2.05, 4.69) is 40.0 Å². The van der Waals surface area contributed by atoms with Gasteiger partial charge in [-0.3, -0.25) is 9.69 Å². The number of nitrogens with zero attached hydrogens (tertiary/aromatic N) is 1. The summed E-state index contributed by atoms with van der Waals surface area (Å²) in [7, 11) is 0. The van der Waals surface area contributed by atoms with Crippen LogP contribution in [0.4, 0.5) is 11.4 Å². The highest BCUT2D eigenvalue weighted by Gasteiger charge is 2.11. The van der Waals surface area contributed by atoms with E-state index in [0.29, 0.717) is 12.2 Å². The number of hydrogen-bond acceptors (Lipinski definition) is 3. The summed E-state index contributed by atoms with van der Waals surface area (Å²) in [6.07, 6.45) is 4.55. The van der Waals surface area contributed by atoms with Gasteiger partial charge in [0.1, 0.15) is 0 Å². The predicted molar refractivity (Wildman–Crippen MR) is 93.4 cm³/mol. The van der Waals surface area contributed by atoms with Gasteiger partial charge in [0.15, 0.2) is 0 Å². The molecule has 1 aromatic carbocycles. The van der Waals surface area contributed by atoms with Gasteiger partial charge >= 0.3 is 0 Å². The molecule has 0 unspecified atom stereocenters. The molecule has 5 heteroatoms. The lowest BCUT2D eigenvalue weighted by Crippen LogP contribution is -2.34. The standard InChI is InChI=1S/C16H26BrN3O/c1-3-5-9-20(10-6-4-2)12-16(21)19-15-8-7-13(18)11-14(15)17/h7-8,11H,3-6,9-10,12,18H2,1-2H3,(H,19,21). The molecule has 0 radical (unpaired) electrons. The van der Waals surface area contributed by atoms with E-state index in [1.165, 1.54) is 0 Å². The predicted octanol–water partition coefficient (Wildman–Crippen LogP) is 3.87. The van der Waals surface area contributed by atoms with Gasteiger partial charge in [0, 0.05) is 10.2 Å². The van der Waals surface area contributed by atoms with Crippen molar-refractivity contribution >= 4 is 33.2 Å². The maximum Gasteiger partial charge on any atom is 0.238 e. The second-order valence-electron chi connectivity index (χ2n) is 5.27. The highest BCUT2D eigenvalue weighted by Crippen LogP contribution is 2.24. The quantitative estimate of drug-likeness (QED) is 0.661. The van der Waals surface area contributed by atoms with Gasteiger partial charge in [0.2, 0.25) is 5.91 Å². The summed E-state index contributed by atoms with van der Waals surface area (Å²) in [5, 5.41) is 2.94. The minimum absolute atomic E-state index is 0.0210. The number of nitrogen functional groups attached to an aromatic ring is 1. The van der Waals surface area contributed by atoms with Crippen LogP contribution in [-0.2, 0) is 4.79 Å². The fraction of sp³-hybridized carbons (Fsp3) is 0.562. The Balaban J connectivity index is 2.55. The molecule has 1 amide bonds. The Morgan fingerprint density at radius 2 is 1.86 bits per heavy atom. The lowest BCUT2D eigenvalue weighted by molar-refractivity contribution is -0.117. The lowest BCUT2D eigenvalue weighted by atomic mass is 10.2. The third kappa shape index (κ3) is 6.96. The Morgan fingerprint density at radius 3 is 2.38 bits per heavy atom. The molecule has 0 aromatic heterocycles. The number of hydrogen-bond donors (Lipinski definition) is 2. The fourth-order valence-electron chi connectivity index (χ4n) is 2.06. The first kappa shape index (κ1) is 18.0. The number of carbonyl (C=O) groups excluding carboxylic acids is 1. The second kappa shape index (κ2) is 9.79. The largest absolute Gasteiger partial charge is 0.399 e. The number of halogens is 1. The van der Waals surface area contributed by atoms with Crippen LogP contribution in [0, 0.1) is 0 Å². The summed E-state index contributed by atoms with van der Waals surface area (Å²) in [5.41, 5.74) is 7.14. The molecule has 0 fully saturated rings. The average molecular weight is 356 g/mol. The van der Waals surface area contributed by atoms with Gasteiger partial charge in [0.25, 0.3) is 0 Å². The molecule has 4 nitrogen and oxygen atoms in total. The molecular formula is C16H26BrN3O. The van der Waals surface area contributed by atoms with Crippen molar-refractivity contribution in [2.75, 3.05) is 30.7 Å². The molecule has 118 valence electrons. The van der Waals surface area contributed by atoms with E-state index in [1.54, 1.807) is 12.1 Å². The molecule has 0 saturated heterocycles. The molecule has 0 aliphatic heterocycles. The van der Waals surface area contributed by atoms with E-state index >= 15 is 0 Å². The number of nitrogens with one attached hydrogen (secondary N) is 1. The van der Waals surface area contributed by atoms with E-state index in [-0.39, 0.29) is 5.91 Å². The Morgan fingerprint density at radius 1 is 1.24 bits per heavy atom. The number of rotatable bonds is 9. The van der Waals surface area contributed by atoms with Crippen LogP contribution in [0.15, 0.2) is 22.7 Å². The summed E-state index contributed by atoms with van der Waals surface area (Å²) >= 11 is 3.42. The molecule has 21 heavy (non-hydrogen) atoms. The van der Waals surface area contributed by atoms with Crippen LogP contribution >= 0.6 is 15.9 Å². The summed E-state index contributed by atoms with van der Waals surface area (Å²) in [5.74, 6) is 0.0210. The Kier molecular flexibility index (Phi) is 8.38. The van der Waals surface area contributed by atoms with Crippen molar-refractivity contribution < 1.29 is 4.79 Å². The normalized spacial score (nSPS) is 10.9. The topological polar surface area (TPSA) is 58.4 Å². The fourth-order valence-corrected chi connectivity index (χ4v) is 2.55. The van der Waals surface area contributed by atoms with Crippen molar-refractivity contribution in [2.24, 2.45) is 0 Å². The van der Waals surface area contributed by atoms with E-state index in [0.717, 1.165) is 48.9 Å². The van der Waals surface area contributed by atoms with Crippen LogP contribution in [0.5, 0.6) is 0 Å². The Bertz CT molecular complexity index is 443. The van der Waals surface area contributed by atoms with Crippen molar-refractivity contribution in [1.29, 1.82) is 0 Å². The van der Waals surface area contributed by atoms with Gasteiger partial charge in [-0.05, 0) is 60.1 Å². The van der Waals surface area contributed by atoms with Crippen molar-refractivity contribution in [2.45, 2.75) is 39.5 Å². The van der Waals surface area contributed by atoms with Crippen LogP contribution in [0.2, 0.25) is 0 Å². The maximum atomic E-state index is 12.2. The monoisotopic (exact) mass is 355 g/mol. The molecule has 0 saturated carbocycles. The zero-order chi connectivity index (χ0) is 15.7. The van der Waals surface area contributed by atoms with Crippen molar-refractivity contribution in [1.82, 2.24) is 4.90 Å². The number of carbonyl (C=O) groups is 1. The minimum Gasteiger partial charge on any atom is -0.399 e. The second-order valence-corrected chi connectivity index (χ2v) is 6.13. The molecule has 0 heterocycles. The number of nitrogens with two attached hydrogens (primary N) is 1.